The van der Waals surface area contributed by atoms with Crippen molar-refractivity contribution in [3.63, 3.8) is 0 Å². The highest BCUT2D eigenvalue weighted by molar-refractivity contribution is 5.92. The van der Waals surface area contributed by atoms with Crippen LogP contribution in [-0.2, 0) is 14.4 Å². The van der Waals surface area contributed by atoms with Crippen LogP contribution in [0.2, 0.25) is 0 Å². The van der Waals surface area contributed by atoms with Crippen LogP contribution in [0.15, 0.2) is 18.2 Å². The Morgan fingerprint density at radius 3 is 2.44 bits per heavy atom. The normalized spacial score (nSPS) is 25.7. The van der Waals surface area contributed by atoms with Crippen LogP contribution in [0.25, 0.3) is 0 Å². The molecule has 1 atom stereocenters. The molecule has 1 unspecified atom stereocenters. The number of carbonyl (C=O) groups is 3. The number of amides is 2. The highest BCUT2D eigenvalue weighted by atomic mass is 16.4. The number of aliphatic carboxylic acids is 1. The van der Waals surface area contributed by atoms with Gasteiger partial charge in [0.05, 0.1) is 11.8 Å². The van der Waals surface area contributed by atoms with Crippen molar-refractivity contribution in [2.24, 2.45) is 17.8 Å². The zero-order chi connectivity index (χ0) is 19.4. The van der Waals surface area contributed by atoms with Gasteiger partial charge in [-0.25, -0.2) is 4.98 Å². The summed E-state index contributed by atoms with van der Waals surface area (Å²) >= 11 is 0. The minimum absolute atomic E-state index is 0.0741. The first-order valence-electron chi connectivity index (χ1n) is 9.70. The first kappa shape index (κ1) is 19.3. The Morgan fingerprint density at radius 2 is 1.78 bits per heavy atom. The molecule has 3 rings (SSSR count). The van der Waals surface area contributed by atoms with Crippen LogP contribution in [0.4, 0.5) is 5.82 Å². The first-order chi connectivity index (χ1) is 12.9. The summed E-state index contributed by atoms with van der Waals surface area (Å²) in [5.74, 6) is -0.919. The van der Waals surface area contributed by atoms with Crippen molar-refractivity contribution >= 4 is 23.6 Å². The van der Waals surface area contributed by atoms with Crippen molar-refractivity contribution < 1.29 is 19.5 Å². The molecule has 2 heterocycles. The summed E-state index contributed by atoms with van der Waals surface area (Å²) in [5, 5.41) is 12.0. The number of carboxylic acids is 1. The Hall–Kier alpha value is -2.44. The van der Waals surface area contributed by atoms with E-state index in [2.05, 4.69) is 10.3 Å². The van der Waals surface area contributed by atoms with Gasteiger partial charge < -0.3 is 15.3 Å². The van der Waals surface area contributed by atoms with E-state index in [0.717, 1.165) is 18.5 Å². The third-order valence-electron chi connectivity index (χ3n) is 5.67. The molecule has 1 saturated carbocycles. The number of piperidine rings is 1. The van der Waals surface area contributed by atoms with Crippen molar-refractivity contribution in [2.75, 3.05) is 18.4 Å². The second-order valence-corrected chi connectivity index (χ2v) is 7.66. The molecule has 0 bridgehead atoms. The molecule has 0 aromatic carbocycles. The molecule has 0 spiro atoms. The number of carboxylic acid groups (broad SMARTS) is 1. The van der Waals surface area contributed by atoms with Crippen LogP contribution in [0.5, 0.6) is 0 Å². The van der Waals surface area contributed by atoms with E-state index < -0.39 is 5.97 Å². The lowest BCUT2D eigenvalue weighted by Crippen LogP contribution is -2.46. The molecule has 0 radical (unpaired) electrons. The van der Waals surface area contributed by atoms with Gasteiger partial charge in [-0.15, -0.1) is 0 Å². The Kier molecular flexibility index (Phi) is 6.08. The van der Waals surface area contributed by atoms with E-state index in [4.69, 9.17) is 5.11 Å². The maximum atomic E-state index is 12.8. The molecule has 1 aromatic heterocycles. The topological polar surface area (TPSA) is 99.6 Å². The summed E-state index contributed by atoms with van der Waals surface area (Å²) in [6, 6.07) is 5.48. The van der Waals surface area contributed by atoms with Gasteiger partial charge in [0, 0.05) is 24.7 Å². The quantitative estimate of drug-likeness (QED) is 0.844. The summed E-state index contributed by atoms with van der Waals surface area (Å²) in [7, 11) is 0. The molecule has 7 nitrogen and oxygen atoms in total. The third-order valence-corrected chi connectivity index (χ3v) is 5.67. The molecule has 7 heteroatoms. The second-order valence-electron chi connectivity index (χ2n) is 7.66. The van der Waals surface area contributed by atoms with Crippen LogP contribution < -0.4 is 5.32 Å². The SMILES string of the molecule is Cc1cccc(NC(=O)C2CCCN(C(=O)C3CCC(C(=O)O)CC3)C2)n1. The first-order valence-corrected chi connectivity index (χ1v) is 9.70. The van der Waals surface area contributed by atoms with E-state index in [1.165, 1.54) is 0 Å². The van der Waals surface area contributed by atoms with Crippen molar-refractivity contribution in [1.29, 1.82) is 0 Å². The van der Waals surface area contributed by atoms with Crippen molar-refractivity contribution in [3.8, 4) is 0 Å². The Morgan fingerprint density at radius 1 is 1.07 bits per heavy atom. The molecule has 1 aliphatic carbocycles. The van der Waals surface area contributed by atoms with E-state index in [9.17, 15) is 14.4 Å². The Bertz CT molecular complexity index is 713. The Balaban J connectivity index is 1.55. The van der Waals surface area contributed by atoms with Crippen molar-refractivity contribution in [3.05, 3.63) is 23.9 Å². The number of rotatable bonds is 4. The predicted molar refractivity (Wildman–Crippen MR) is 100.0 cm³/mol. The second kappa shape index (κ2) is 8.50. The summed E-state index contributed by atoms with van der Waals surface area (Å²) in [6.45, 7) is 2.97. The number of aromatic nitrogens is 1. The fourth-order valence-electron chi connectivity index (χ4n) is 4.08. The number of likely N-dealkylation sites (tertiary alicyclic amines) is 1. The summed E-state index contributed by atoms with van der Waals surface area (Å²) in [4.78, 5) is 42.6. The third kappa shape index (κ3) is 4.84. The van der Waals surface area contributed by atoms with Gasteiger partial charge in [0.25, 0.3) is 0 Å². The smallest absolute Gasteiger partial charge is 0.306 e. The van der Waals surface area contributed by atoms with Gasteiger partial charge in [0.1, 0.15) is 5.82 Å². The van der Waals surface area contributed by atoms with Crippen molar-refractivity contribution in [1.82, 2.24) is 9.88 Å². The largest absolute Gasteiger partial charge is 0.481 e. The van der Waals surface area contributed by atoms with E-state index >= 15 is 0 Å². The zero-order valence-corrected chi connectivity index (χ0v) is 15.7. The maximum absolute atomic E-state index is 12.8. The van der Waals surface area contributed by atoms with Gasteiger partial charge in [-0.2, -0.15) is 0 Å². The lowest BCUT2D eigenvalue weighted by molar-refractivity contribution is -0.146. The lowest BCUT2D eigenvalue weighted by atomic mass is 9.81. The molecule has 1 aliphatic heterocycles. The summed E-state index contributed by atoms with van der Waals surface area (Å²) < 4.78 is 0. The highest BCUT2D eigenvalue weighted by Crippen LogP contribution is 2.31. The molecule has 1 aromatic rings. The van der Waals surface area contributed by atoms with Gasteiger partial charge >= 0.3 is 5.97 Å². The van der Waals surface area contributed by atoms with Crippen molar-refractivity contribution in [2.45, 2.75) is 45.4 Å². The molecular formula is C20H27N3O4. The Labute approximate surface area is 159 Å². The number of nitrogens with zero attached hydrogens (tertiary/aromatic N) is 2. The molecular weight excluding hydrogens is 346 g/mol. The van der Waals surface area contributed by atoms with Gasteiger partial charge in [0.15, 0.2) is 0 Å². The maximum Gasteiger partial charge on any atom is 0.306 e. The van der Waals surface area contributed by atoms with E-state index in [-0.39, 0.29) is 29.6 Å². The van der Waals surface area contributed by atoms with Gasteiger partial charge in [-0.05, 0) is 57.6 Å². The van der Waals surface area contributed by atoms with Crippen LogP contribution >= 0.6 is 0 Å². The monoisotopic (exact) mass is 373 g/mol. The van der Waals surface area contributed by atoms with E-state index in [1.807, 2.05) is 19.1 Å². The molecule has 27 heavy (non-hydrogen) atoms. The molecule has 2 N–H and O–H groups in total. The van der Waals surface area contributed by atoms with Crippen LogP contribution in [0, 0.1) is 24.7 Å². The standard InChI is InChI=1S/C20H27N3O4/c1-13-4-2-6-17(21-13)22-18(24)16-5-3-11-23(12-16)19(25)14-7-9-15(10-8-14)20(26)27/h2,4,6,14-16H,3,5,7-12H2,1H3,(H,26,27)(H,21,22,24). The average molecular weight is 373 g/mol. The number of anilines is 1. The number of carbonyl (C=O) groups excluding carboxylic acids is 2. The van der Waals surface area contributed by atoms with Crippen LogP contribution in [-0.4, -0.2) is 45.9 Å². The lowest BCUT2D eigenvalue weighted by Gasteiger charge is -2.36. The number of pyridine rings is 1. The summed E-state index contributed by atoms with van der Waals surface area (Å²) in [6.07, 6.45) is 3.92. The van der Waals surface area contributed by atoms with Gasteiger partial charge in [0.2, 0.25) is 11.8 Å². The predicted octanol–water partition coefficient (Wildman–Crippen LogP) is 2.46. The minimum Gasteiger partial charge on any atom is -0.481 e. The van der Waals surface area contributed by atoms with Gasteiger partial charge in [-0.1, -0.05) is 6.07 Å². The molecule has 146 valence electrons. The number of hydrogen-bond donors (Lipinski definition) is 2. The van der Waals surface area contributed by atoms with Crippen LogP contribution in [0.1, 0.15) is 44.2 Å². The molecule has 2 fully saturated rings. The zero-order valence-electron chi connectivity index (χ0n) is 15.7. The van der Waals surface area contributed by atoms with E-state index in [1.54, 1.807) is 11.0 Å². The number of aryl methyl sites for hydroxylation is 1. The number of nitrogens with one attached hydrogen (secondary N) is 1. The average Bonchev–Trinajstić information content (AvgIpc) is 2.67. The van der Waals surface area contributed by atoms with E-state index in [0.29, 0.717) is 44.6 Å². The fraction of sp³-hybridized carbons (Fsp3) is 0.600. The van der Waals surface area contributed by atoms with Crippen LogP contribution in [0.3, 0.4) is 0 Å². The molecule has 2 aliphatic rings. The minimum atomic E-state index is -0.764. The molecule has 2 amide bonds. The number of hydrogen-bond acceptors (Lipinski definition) is 4. The van der Waals surface area contributed by atoms with Gasteiger partial charge in [-0.3, -0.25) is 14.4 Å². The highest BCUT2D eigenvalue weighted by Gasteiger charge is 2.35. The summed E-state index contributed by atoms with van der Waals surface area (Å²) in [5.41, 5.74) is 0.838. The fourth-order valence-corrected chi connectivity index (χ4v) is 4.08. The molecule has 1 saturated heterocycles.